The fourth-order valence-corrected chi connectivity index (χ4v) is 4.18. The number of nitrogens with one attached hydrogen (secondary N) is 1. The Morgan fingerprint density at radius 3 is 2.12 bits per heavy atom. The van der Waals surface area contributed by atoms with Crippen LogP contribution in [0.1, 0.15) is 30.2 Å². The second kappa shape index (κ2) is 9.82. The van der Waals surface area contributed by atoms with Crippen molar-refractivity contribution in [3.05, 3.63) is 94.0 Å². The van der Waals surface area contributed by atoms with Crippen molar-refractivity contribution in [2.45, 2.75) is 19.1 Å². The number of piperazine rings is 1. The molecular formula is C25H25Cl2N3O2. The third kappa shape index (κ3) is 5.18. The van der Waals surface area contributed by atoms with Crippen molar-refractivity contribution in [3.8, 4) is 0 Å². The van der Waals surface area contributed by atoms with Gasteiger partial charge < -0.3 is 20.2 Å². The zero-order chi connectivity index (χ0) is 22.7. The van der Waals surface area contributed by atoms with Crippen molar-refractivity contribution < 1.29 is 9.90 Å². The smallest absolute Gasteiger partial charge is 0.321 e. The van der Waals surface area contributed by atoms with E-state index < -0.39 is 6.10 Å². The number of aliphatic hydroxyl groups excluding tert-OH is 1. The van der Waals surface area contributed by atoms with Gasteiger partial charge in [0.2, 0.25) is 0 Å². The summed E-state index contributed by atoms with van der Waals surface area (Å²) in [5, 5.41) is 14.0. The van der Waals surface area contributed by atoms with E-state index in [0.717, 1.165) is 16.8 Å². The maximum absolute atomic E-state index is 13.0. The predicted molar refractivity (Wildman–Crippen MR) is 131 cm³/mol. The van der Waals surface area contributed by atoms with Crippen molar-refractivity contribution in [1.82, 2.24) is 4.90 Å². The number of aliphatic hydroxyl groups is 1. The molecule has 1 aliphatic heterocycles. The molecule has 2 atom stereocenters. The van der Waals surface area contributed by atoms with E-state index in [9.17, 15) is 9.90 Å². The van der Waals surface area contributed by atoms with E-state index in [-0.39, 0.29) is 12.1 Å². The van der Waals surface area contributed by atoms with Crippen molar-refractivity contribution in [2.24, 2.45) is 0 Å². The average molecular weight is 470 g/mol. The highest BCUT2D eigenvalue weighted by atomic mass is 35.5. The monoisotopic (exact) mass is 469 g/mol. The summed E-state index contributed by atoms with van der Waals surface area (Å²) in [4.78, 5) is 17.1. The first-order chi connectivity index (χ1) is 15.4. The van der Waals surface area contributed by atoms with Crippen molar-refractivity contribution in [1.29, 1.82) is 0 Å². The van der Waals surface area contributed by atoms with E-state index >= 15 is 0 Å². The molecule has 0 radical (unpaired) electrons. The maximum atomic E-state index is 13.0. The Labute approximate surface area is 198 Å². The largest absolute Gasteiger partial charge is 0.389 e. The zero-order valence-electron chi connectivity index (χ0n) is 17.7. The highest BCUT2D eigenvalue weighted by Crippen LogP contribution is 2.32. The van der Waals surface area contributed by atoms with Crippen LogP contribution in [0.15, 0.2) is 72.8 Å². The lowest BCUT2D eigenvalue weighted by atomic mass is 10.0. The van der Waals surface area contributed by atoms with Crippen LogP contribution in [0.3, 0.4) is 0 Å². The normalized spacial score (nSPS) is 17.2. The van der Waals surface area contributed by atoms with Crippen LogP contribution in [0.2, 0.25) is 10.0 Å². The minimum atomic E-state index is -0.541. The summed E-state index contributed by atoms with van der Waals surface area (Å²) in [6, 6.07) is 22.6. The van der Waals surface area contributed by atoms with E-state index in [0.29, 0.717) is 35.4 Å². The van der Waals surface area contributed by atoms with Gasteiger partial charge in [-0.05, 0) is 66.6 Å². The SMILES string of the molecule is CC(O)c1ccc(NC(=O)N2CCN(c3ccc(Cl)cc3)C(c3ccc(Cl)cc3)C2)cc1. The molecule has 7 heteroatoms. The summed E-state index contributed by atoms with van der Waals surface area (Å²) in [5.41, 5.74) is 3.65. The Bertz CT molecular complexity index is 1050. The number of hydrogen-bond donors (Lipinski definition) is 2. The lowest BCUT2D eigenvalue weighted by Gasteiger charge is -2.43. The van der Waals surface area contributed by atoms with Crippen LogP contribution in [0.5, 0.6) is 0 Å². The maximum Gasteiger partial charge on any atom is 0.321 e. The number of nitrogens with zero attached hydrogens (tertiary/aromatic N) is 2. The molecular weight excluding hydrogens is 445 g/mol. The molecule has 0 aliphatic carbocycles. The molecule has 32 heavy (non-hydrogen) atoms. The van der Waals surface area contributed by atoms with Gasteiger partial charge in [-0.25, -0.2) is 4.79 Å². The molecule has 1 aliphatic rings. The van der Waals surface area contributed by atoms with Crippen molar-refractivity contribution >= 4 is 40.6 Å². The number of anilines is 2. The Kier molecular flexibility index (Phi) is 6.89. The summed E-state index contributed by atoms with van der Waals surface area (Å²) < 4.78 is 0. The van der Waals surface area contributed by atoms with E-state index in [2.05, 4.69) is 10.2 Å². The third-order valence-electron chi connectivity index (χ3n) is 5.72. The lowest BCUT2D eigenvalue weighted by molar-refractivity contribution is 0.198. The van der Waals surface area contributed by atoms with Gasteiger partial charge in [0.25, 0.3) is 0 Å². The van der Waals surface area contributed by atoms with Crippen LogP contribution >= 0.6 is 23.2 Å². The molecule has 4 rings (SSSR count). The molecule has 3 aromatic rings. The standard InChI is InChI=1S/C25H25Cl2N3O2/c1-17(31)18-4-10-22(11-5-18)28-25(32)29-14-15-30(23-12-8-21(27)9-13-23)24(16-29)19-2-6-20(26)7-3-19/h2-13,17,24,31H,14-16H2,1H3,(H,28,32). The number of carbonyl (C=O) groups is 1. The molecule has 0 saturated carbocycles. The van der Waals surface area contributed by atoms with Crippen molar-refractivity contribution in [2.75, 3.05) is 29.9 Å². The van der Waals surface area contributed by atoms with Gasteiger partial charge in [0, 0.05) is 41.1 Å². The lowest BCUT2D eigenvalue weighted by Crippen LogP contribution is -2.51. The molecule has 2 N–H and O–H groups in total. The average Bonchev–Trinajstić information content (AvgIpc) is 2.80. The van der Waals surface area contributed by atoms with Gasteiger partial charge in [0.1, 0.15) is 0 Å². The molecule has 0 bridgehead atoms. The number of hydrogen-bond acceptors (Lipinski definition) is 3. The molecule has 1 saturated heterocycles. The molecule has 166 valence electrons. The summed E-state index contributed by atoms with van der Waals surface area (Å²) in [6.07, 6.45) is -0.541. The number of carbonyl (C=O) groups excluding carboxylic acids is 1. The first-order valence-corrected chi connectivity index (χ1v) is 11.3. The first-order valence-electron chi connectivity index (χ1n) is 10.5. The van der Waals surface area contributed by atoms with E-state index in [1.54, 1.807) is 19.1 Å². The Morgan fingerprint density at radius 2 is 1.53 bits per heavy atom. The second-order valence-electron chi connectivity index (χ2n) is 7.91. The van der Waals surface area contributed by atoms with Crippen LogP contribution in [0, 0.1) is 0 Å². The fourth-order valence-electron chi connectivity index (χ4n) is 3.93. The number of benzene rings is 3. The van der Waals surface area contributed by atoms with Gasteiger partial charge in [-0.1, -0.05) is 47.5 Å². The van der Waals surface area contributed by atoms with Crippen LogP contribution < -0.4 is 10.2 Å². The van der Waals surface area contributed by atoms with Crippen LogP contribution in [0.25, 0.3) is 0 Å². The van der Waals surface area contributed by atoms with Gasteiger partial charge in [-0.2, -0.15) is 0 Å². The number of urea groups is 1. The third-order valence-corrected chi connectivity index (χ3v) is 6.23. The Balaban J connectivity index is 1.53. The van der Waals surface area contributed by atoms with Crippen molar-refractivity contribution in [3.63, 3.8) is 0 Å². The minimum Gasteiger partial charge on any atom is -0.389 e. The highest BCUT2D eigenvalue weighted by Gasteiger charge is 2.31. The van der Waals surface area contributed by atoms with Gasteiger partial charge in [-0.15, -0.1) is 0 Å². The van der Waals surface area contributed by atoms with E-state index in [1.165, 1.54) is 0 Å². The second-order valence-corrected chi connectivity index (χ2v) is 8.78. The summed E-state index contributed by atoms with van der Waals surface area (Å²) in [7, 11) is 0. The van der Waals surface area contributed by atoms with Gasteiger partial charge in [0.05, 0.1) is 12.1 Å². The number of rotatable bonds is 4. The fraction of sp³-hybridized carbons (Fsp3) is 0.240. The predicted octanol–water partition coefficient (Wildman–Crippen LogP) is 6.14. The summed E-state index contributed by atoms with van der Waals surface area (Å²) in [5.74, 6) is 0. The Hall–Kier alpha value is -2.73. The molecule has 2 unspecified atom stereocenters. The Morgan fingerprint density at radius 1 is 0.938 bits per heavy atom. The molecule has 0 aromatic heterocycles. The van der Waals surface area contributed by atoms with Gasteiger partial charge >= 0.3 is 6.03 Å². The molecule has 1 heterocycles. The number of halogens is 2. The molecule has 5 nitrogen and oxygen atoms in total. The zero-order valence-corrected chi connectivity index (χ0v) is 19.2. The topological polar surface area (TPSA) is 55.8 Å². The quantitative estimate of drug-likeness (QED) is 0.482. The molecule has 1 fully saturated rings. The van der Waals surface area contributed by atoms with Crippen LogP contribution in [-0.4, -0.2) is 35.7 Å². The van der Waals surface area contributed by atoms with Crippen LogP contribution in [-0.2, 0) is 0 Å². The number of amides is 2. The van der Waals surface area contributed by atoms with Gasteiger partial charge in [0.15, 0.2) is 0 Å². The van der Waals surface area contributed by atoms with Gasteiger partial charge in [-0.3, -0.25) is 0 Å². The van der Waals surface area contributed by atoms with E-state index in [1.807, 2.05) is 65.6 Å². The minimum absolute atomic E-state index is 0.0226. The highest BCUT2D eigenvalue weighted by molar-refractivity contribution is 6.30. The first kappa shape index (κ1) is 22.5. The van der Waals surface area contributed by atoms with E-state index in [4.69, 9.17) is 23.2 Å². The van der Waals surface area contributed by atoms with Crippen LogP contribution in [0.4, 0.5) is 16.2 Å². The molecule has 2 amide bonds. The molecule has 0 spiro atoms. The molecule has 3 aromatic carbocycles. The summed E-state index contributed by atoms with van der Waals surface area (Å²) in [6.45, 7) is 3.51. The summed E-state index contributed by atoms with van der Waals surface area (Å²) >= 11 is 12.2.